The normalized spacial score (nSPS) is 26.3. The molecule has 1 aromatic rings. The molecule has 1 fully saturated rings. The lowest BCUT2D eigenvalue weighted by molar-refractivity contribution is -0.135. The van der Waals surface area contributed by atoms with Crippen LogP contribution >= 0.6 is 0 Å². The first-order valence-corrected chi connectivity index (χ1v) is 7.01. The van der Waals surface area contributed by atoms with Crippen LogP contribution in [0.3, 0.4) is 0 Å². The first kappa shape index (κ1) is 12.6. The van der Waals surface area contributed by atoms with Crippen LogP contribution in [0.5, 0.6) is 0 Å². The number of benzene rings is 1. The van der Waals surface area contributed by atoms with Gasteiger partial charge in [0.2, 0.25) is 5.91 Å². The predicted molar refractivity (Wildman–Crippen MR) is 72.6 cm³/mol. The Hall–Kier alpha value is -1.39. The molecule has 0 aromatic heterocycles. The molecule has 4 nitrogen and oxygen atoms in total. The van der Waals surface area contributed by atoms with E-state index in [1.165, 1.54) is 11.1 Å². The number of hydrogen-bond acceptors (Lipinski definition) is 3. The highest BCUT2D eigenvalue weighted by molar-refractivity contribution is 5.83. The summed E-state index contributed by atoms with van der Waals surface area (Å²) in [4.78, 5) is 14.4. The fourth-order valence-electron chi connectivity index (χ4n) is 3.14. The molecule has 0 bridgehead atoms. The van der Waals surface area contributed by atoms with Crippen molar-refractivity contribution in [2.24, 2.45) is 0 Å². The predicted octanol–water partition coefficient (Wildman–Crippen LogP) is 0.684. The van der Waals surface area contributed by atoms with E-state index in [9.17, 15) is 9.90 Å². The Kier molecular flexibility index (Phi) is 3.53. The lowest BCUT2D eigenvalue weighted by atomic mass is 9.95. The molecule has 0 saturated carbocycles. The van der Waals surface area contributed by atoms with Gasteiger partial charge in [-0.05, 0) is 30.4 Å². The number of nitrogens with zero attached hydrogens (tertiary/aromatic N) is 1. The zero-order valence-electron chi connectivity index (χ0n) is 11.0. The van der Waals surface area contributed by atoms with Gasteiger partial charge in [-0.3, -0.25) is 4.79 Å². The summed E-state index contributed by atoms with van der Waals surface area (Å²) in [5, 5.41) is 12.7. The standard InChI is InChI=1S/C15H20N2O2/c18-10-13-6-3-7-17(13)15(19)14-8-11-4-1-2-5-12(11)9-16-14/h1-2,4-5,13-14,16,18H,3,6-10H2/t13?,14-/m1/s1. The van der Waals surface area contributed by atoms with Crippen molar-refractivity contribution in [3.05, 3.63) is 35.4 Å². The summed E-state index contributed by atoms with van der Waals surface area (Å²) in [5.41, 5.74) is 2.55. The highest BCUT2D eigenvalue weighted by atomic mass is 16.3. The third-order valence-corrected chi connectivity index (χ3v) is 4.25. The number of likely N-dealkylation sites (tertiary alicyclic amines) is 1. The van der Waals surface area contributed by atoms with Crippen LogP contribution in [-0.2, 0) is 17.8 Å². The molecule has 0 radical (unpaired) electrons. The van der Waals surface area contributed by atoms with Gasteiger partial charge in [0, 0.05) is 13.1 Å². The van der Waals surface area contributed by atoms with E-state index in [1.54, 1.807) is 0 Å². The topological polar surface area (TPSA) is 52.6 Å². The van der Waals surface area contributed by atoms with Crippen LogP contribution in [-0.4, -0.2) is 41.1 Å². The molecule has 1 unspecified atom stereocenters. The van der Waals surface area contributed by atoms with E-state index in [0.29, 0.717) is 0 Å². The summed E-state index contributed by atoms with van der Waals surface area (Å²) in [6, 6.07) is 8.15. The Balaban J connectivity index is 1.72. The van der Waals surface area contributed by atoms with Crippen molar-refractivity contribution >= 4 is 5.91 Å². The first-order valence-electron chi connectivity index (χ1n) is 7.01. The Morgan fingerprint density at radius 1 is 1.37 bits per heavy atom. The second-order valence-electron chi connectivity index (χ2n) is 5.42. The number of fused-ring (bicyclic) bond motifs is 1. The first-order chi connectivity index (χ1) is 9.29. The summed E-state index contributed by atoms with van der Waals surface area (Å²) in [7, 11) is 0. The number of nitrogens with one attached hydrogen (secondary N) is 1. The van der Waals surface area contributed by atoms with Gasteiger partial charge >= 0.3 is 0 Å². The van der Waals surface area contributed by atoms with Gasteiger partial charge in [-0.2, -0.15) is 0 Å². The molecule has 19 heavy (non-hydrogen) atoms. The second-order valence-corrected chi connectivity index (χ2v) is 5.42. The van der Waals surface area contributed by atoms with Crippen molar-refractivity contribution in [1.29, 1.82) is 0 Å². The van der Waals surface area contributed by atoms with E-state index in [4.69, 9.17) is 0 Å². The highest BCUT2D eigenvalue weighted by Crippen LogP contribution is 2.22. The van der Waals surface area contributed by atoms with Crippen molar-refractivity contribution in [1.82, 2.24) is 10.2 Å². The molecule has 2 atom stereocenters. The molecule has 2 heterocycles. The quantitative estimate of drug-likeness (QED) is 0.822. The maximum absolute atomic E-state index is 12.5. The number of hydrogen-bond donors (Lipinski definition) is 2. The van der Waals surface area contributed by atoms with Crippen LogP contribution in [0.1, 0.15) is 24.0 Å². The number of rotatable bonds is 2. The largest absolute Gasteiger partial charge is 0.394 e. The molecule has 1 aromatic carbocycles. The Bertz CT molecular complexity index is 475. The van der Waals surface area contributed by atoms with Gasteiger partial charge in [0.1, 0.15) is 0 Å². The number of amides is 1. The molecule has 4 heteroatoms. The molecular formula is C15H20N2O2. The second kappa shape index (κ2) is 5.31. The summed E-state index contributed by atoms with van der Waals surface area (Å²) in [6.45, 7) is 1.61. The zero-order chi connectivity index (χ0) is 13.2. The minimum atomic E-state index is -0.137. The molecule has 2 N–H and O–H groups in total. The van der Waals surface area contributed by atoms with E-state index in [2.05, 4.69) is 17.4 Å². The Labute approximate surface area is 113 Å². The zero-order valence-corrected chi connectivity index (χ0v) is 11.0. The number of carbonyl (C=O) groups excluding carboxylic acids is 1. The van der Waals surface area contributed by atoms with Gasteiger partial charge in [0.15, 0.2) is 0 Å². The van der Waals surface area contributed by atoms with Crippen LogP contribution in [0, 0.1) is 0 Å². The van der Waals surface area contributed by atoms with Gasteiger partial charge in [-0.1, -0.05) is 24.3 Å². The average molecular weight is 260 g/mol. The summed E-state index contributed by atoms with van der Waals surface area (Å²) >= 11 is 0. The van der Waals surface area contributed by atoms with Crippen LogP contribution in [0.2, 0.25) is 0 Å². The van der Waals surface area contributed by atoms with Gasteiger partial charge in [0.05, 0.1) is 18.7 Å². The van der Waals surface area contributed by atoms with E-state index < -0.39 is 0 Å². The van der Waals surface area contributed by atoms with Crippen LogP contribution in [0.15, 0.2) is 24.3 Å². The van der Waals surface area contributed by atoms with Gasteiger partial charge in [-0.15, -0.1) is 0 Å². The number of aliphatic hydroxyl groups is 1. The monoisotopic (exact) mass is 260 g/mol. The molecule has 2 aliphatic rings. The third kappa shape index (κ3) is 2.38. The lowest BCUT2D eigenvalue weighted by Gasteiger charge is -2.31. The van der Waals surface area contributed by atoms with Crippen LogP contribution in [0.4, 0.5) is 0 Å². The maximum atomic E-state index is 12.5. The SMILES string of the molecule is O=C([C@H]1Cc2ccccc2CN1)N1CCCC1CO. The summed E-state index contributed by atoms with van der Waals surface area (Å²) < 4.78 is 0. The molecular weight excluding hydrogens is 240 g/mol. The van der Waals surface area contributed by atoms with Crippen LogP contribution < -0.4 is 5.32 Å². The van der Waals surface area contributed by atoms with Crippen molar-refractivity contribution in [3.63, 3.8) is 0 Å². The fourth-order valence-corrected chi connectivity index (χ4v) is 3.14. The van der Waals surface area contributed by atoms with Gasteiger partial charge < -0.3 is 15.3 Å². The van der Waals surface area contributed by atoms with Gasteiger partial charge in [0.25, 0.3) is 0 Å². The molecule has 102 valence electrons. The van der Waals surface area contributed by atoms with E-state index >= 15 is 0 Å². The molecule has 0 spiro atoms. The number of carbonyl (C=O) groups is 1. The third-order valence-electron chi connectivity index (χ3n) is 4.25. The van der Waals surface area contributed by atoms with E-state index in [1.807, 2.05) is 17.0 Å². The van der Waals surface area contributed by atoms with Crippen molar-refractivity contribution in [2.45, 2.75) is 37.9 Å². The van der Waals surface area contributed by atoms with Crippen LogP contribution in [0.25, 0.3) is 0 Å². The van der Waals surface area contributed by atoms with Crippen molar-refractivity contribution in [2.75, 3.05) is 13.2 Å². The highest BCUT2D eigenvalue weighted by Gasteiger charge is 2.34. The lowest BCUT2D eigenvalue weighted by Crippen LogP contribution is -2.51. The minimum absolute atomic E-state index is 0.0199. The number of aliphatic hydroxyl groups excluding tert-OH is 1. The van der Waals surface area contributed by atoms with E-state index in [-0.39, 0.29) is 24.6 Å². The fraction of sp³-hybridized carbons (Fsp3) is 0.533. The molecule has 1 amide bonds. The van der Waals surface area contributed by atoms with Gasteiger partial charge in [-0.25, -0.2) is 0 Å². The minimum Gasteiger partial charge on any atom is -0.394 e. The van der Waals surface area contributed by atoms with E-state index in [0.717, 1.165) is 32.4 Å². The molecule has 3 rings (SSSR count). The summed E-state index contributed by atoms with van der Waals surface area (Å²) in [6.07, 6.45) is 2.68. The smallest absolute Gasteiger partial charge is 0.240 e. The maximum Gasteiger partial charge on any atom is 0.240 e. The average Bonchev–Trinajstić information content (AvgIpc) is 2.94. The molecule has 2 aliphatic heterocycles. The molecule has 1 saturated heterocycles. The molecule has 0 aliphatic carbocycles. The Morgan fingerprint density at radius 3 is 2.95 bits per heavy atom. The Morgan fingerprint density at radius 2 is 2.16 bits per heavy atom. The van der Waals surface area contributed by atoms with Crippen molar-refractivity contribution in [3.8, 4) is 0 Å². The van der Waals surface area contributed by atoms with Crippen molar-refractivity contribution < 1.29 is 9.90 Å². The summed E-state index contributed by atoms with van der Waals surface area (Å²) in [5.74, 6) is 0.144.